The van der Waals surface area contributed by atoms with Crippen LogP contribution >= 0.6 is 11.6 Å². The summed E-state index contributed by atoms with van der Waals surface area (Å²) in [5.74, 6) is 0.000277. The van der Waals surface area contributed by atoms with Gasteiger partial charge in [-0.3, -0.25) is 0 Å². The number of hydrogen-bond donors (Lipinski definition) is 0. The summed E-state index contributed by atoms with van der Waals surface area (Å²) in [5.41, 5.74) is 0.313. The lowest BCUT2D eigenvalue weighted by Gasteiger charge is -2.07. The Morgan fingerprint density at radius 1 is 1.50 bits per heavy atom. The maximum absolute atomic E-state index is 11.3. The lowest BCUT2D eigenvalue weighted by molar-refractivity contribution is -0.146. The van der Waals surface area contributed by atoms with E-state index in [1.54, 1.807) is 12.1 Å². The molecule has 0 saturated carbocycles. The topological polar surface area (TPSA) is 59.3 Å². The number of nitrogens with zero attached hydrogens (tertiary/aromatic N) is 1. The molecule has 0 amide bonds. The van der Waals surface area contributed by atoms with Crippen LogP contribution in [0.2, 0.25) is 5.02 Å². The summed E-state index contributed by atoms with van der Waals surface area (Å²) in [7, 11) is 0. The van der Waals surface area contributed by atoms with Crippen molar-refractivity contribution in [3.05, 3.63) is 28.8 Å². The first-order valence-electron chi connectivity index (χ1n) is 5.65. The Balaban J connectivity index is 2.44. The zero-order valence-electron chi connectivity index (χ0n) is 10.1. The number of carbonyl (C=O) groups excluding carboxylic acids is 1. The van der Waals surface area contributed by atoms with Crippen LogP contribution in [0.3, 0.4) is 0 Å². The molecule has 0 aliphatic rings. The van der Waals surface area contributed by atoms with Crippen molar-refractivity contribution < 1.29 is 14.3 Å². The van der Waals surface area contributed by atoms with Crippen LogP contribution < -0.4 is 4.74 Å². The van der Waals surface area contributed by atoms with Crippen LogP contribution in [0.15, 0.2) is 18.2 Å². The fourth-order valence-electron chi connectivity index (χ4n) is 1.19. The zero-order chi connectivity index (χ0) is 13.4. The quantitative estimate of drug-likeness (QED) is 0.587. The van der Waals surface area contributed by atoms with Gasteiger partial charge in [-0.15, -0.1) is 0 Å². The van der Waals surface area contributed by atoms with E-state index in [0.29, 0.717) is 22.9 Å². The molecule has 0 unspecified atom stereocenters. The van der Waals surface area contributed by atoms with E-state index < -0.39 is 5.97 Å². The fraction of sp³-hybridized carbons (Fsp3) is 0.385. The van der Waals surface area contributed by atoms with Gasteiger partial charge in [0.25, 0.3) is 0 Å². The molecule has 0 aromatic heterocycles. The number of esters is 1. The molecule has 0 fully saturated rings. The van der Waals surface area contributed by atoms with Gasteiger partial charge in [0, 0.05) is 0 Å². The van der Waals surface area contributed by atoms with Gasteiger partial charge in [-0.1, -0.05) is 24.9 Å². The van der Waals surface area contributed by atoms with Crippen molar-refractivity contribution in [1.29, 1.82) is 5.26 Å². The molecular formula is C13H14ClNO3. The van der Waals surface area contributed by atoms with Crippen LogP contribution in [0.5, 0.6) is 5.75 Å². The van der Waals surface area contributed by atoms with Crippen molar-refractivity contribution >= 4 is 17.6 Å². The smallest absolute Gasteiger partial charge is 0.344 e. The predicted octanol–water partition coefficient (Wildman–Crippen LogP) is 2.93. The van der Waals surface area contributed by atoms with E-state index in [-0.39, 0.29) is 6.61 Å². The Hall–Kier alpha value is -1.73. The van der Waals surface area contributed by atoms with Gasteiger partial charge in [-0.25, -0.2) is 4.79 Å². The van der Waals surface area contributed by atoms with Crippen LogP contribution in [0.25, 0.3) is 0 Å². The molecule has 0 N–H and O–H groups in total. The Bertz CT molecular complexity index is 454. The van der Waals surface area contributed by atoms with E-state index >= 15 is 0 Å². The summed E-state index contributed by atoms with van der Waals surface area (Å²) >= 11 is 5.77. The number of unbranched alkanes of at least 4 members (excludes halogenated alkanes) is 1. The minimum absolute atomic E-state index is 0.170. The molecule has 0 saturated heterocycles. The second kappa shape index (κ2) is 7.57. The molecule has 0 radical (unpaired) electrons. The average Bonchev–Trinajstić information content (AvgIpc) is 2.38. The third kappa shape index (κ3) is 4.64. The molecule has 0 atom stereocenters. The molecule has 1 aromatic carbocycles. The molecule has 1 rings (SSSR count). The first-order valence-corrected chi connectivity index (χ1v) is 6.03. The number of benzene rings is 1. The van der Waals surface area contributed by atoms with Crippen molar-refractivity contribution in [2.45, 2.75) is 19.8 Å². The molecule has 0 aliphatic carbocycles. The second-order valence-corrected chi connectivity index (χ2v) is 4.02. The Labute approximate surface area is 111 Å². The second-order valence-electron chi connectivity index (χ2n) is 3.62. The number of rotatable bonds is 6. The van der Waals surface area contributed by atoms with E-state index in [2.05, 4.69) is 0 Å². The largest absolute Gasteiger partial charge is 0.482 e. The molecule has 5 heteroatoms. The van der Waals surface area contributed by atoms with E-state index in [0.717, 1.165) is 12.8 Å². The molecule has 0 spiro atoms. The first-order chi connectivity index (χ1) is 8.67. The molecule has 0 aliphatic heterocycles. The van der Waals surface area contributed by atoms with Crippen LogP contribution in [-0.4, -0.2) is 19.2 Å². The van der Waals surface area contributed by atoms with Crippen molar-refractivity contribution in [1.82, 2.24) is 0 Å². The van der Waals surface area contributed by atoms with Gasteiger partial charge in [0.2, 0.25) is 0 Å². The highest BCUT2D eigenvalue weighted by molar-refractivity contribution is 6.31. The van der Waals surface area contributed by atoms with Crippen molar-refractivity contribution in [3.63, 3.8) is 0 Å². The summed E-state index contributed by atoms with van der Waals surface area (Å²) in [6.45, 7) is 2.25. The number of halogens is 1. The monoisotopic (exact) mass is 267 g/mol. The Morgan fingerprint density at radius 3 is 2.94 bits per heavy atom. The summed E-state index contributed by atoms with van der Waals surface area (Å²) in [4.78, 5) is 11.3. The molecule has 4 nitrogen and oxygen atoms in total. The Kier molecular flexibility index (Phi) is 6.03. The highest BCUT2D eigenvalue weighted by atomic mass is 35.5. The maximum atomic E-state index is 11.3. The van der Waals surface area contributed by atoms with Gasteiger partial charge in [-0.2, -0.15) is 5.26 Å². The summed E-state index contributed by atoms with van der Waals surface area (Å²) in [6.07, 6.45) is 1.81. The first kappa shape index (κ1) is 14.3. The molecule has 1 aromatic rings. The van der Waals surface area contributed by atoms with Crippen molar-refractivity contribution in [2.24, 2.45) is 0 Å². The molecule has 18 heavy (non-hydrogen) atoms. The number of ether oxygens (including phenoxy) is 2. The SMILES string of the molecule is CCCCOC(=O)COc1ccc(Cl)c(C#N)c1. The standard InChI is InChI=1S/C13H14ClNO3/c1-2-3-6-17-13(16)9-18-11-4-5-12(14)10(7-11)8-15/h4-5,7H,2-3,6,9H2,1H3. The summed E-state index contributed by atoms with van der Waals surface area (Å²) in [6, 6.07) is 6.58. The highest BCUT2D eigenvalue weighted by Gasteiger charge is 2.06. The van der Waals surface area contributed by atoms with Gasteiger partial charge in [0.15, 0.2) is 6.61 Å². The van der Waals surface area contributed by atoms with Crippen molar-refractivity contribution in [3.8, 4) is 11.8 Å². The van der Waals surface area contributed by atoms with Crippen LogP contribution in [0.4, 0.5) is 0 Å². The van der Waals surface area contributed by atoms with Gasteiger partial charge >= 0.3 is 5.97 Å². The lowest BCUT2D eigenvalue weighted by Crippen LogP contribution is -2.15. The van der Waals surface area contributed by atoms with Gasteiger partial charge < -0.3 is 9.47 Å². The number of carbonyl (C=O) groups is 1. The third-order valence-electron chi connectivity index (χ3n) is 2.18. The van der Waals surface area contributed by atoms with Gasteiger partial charge in [-0.05, 0) is 24.6 Å². The minimum atomic E-state index is -0.420. The molecule has 0 bridgehead atoms. The number of nitriles is 1. The van der Waals surface area contributed by atoms with Crippen LogP contribution in [0.1, 0.15) is 25.3 Å². The van der Waals surface area contributed by atoms with E-state index in [9.17, 15) is 4.79 Å². The van der Waals surface area contributed by atoms with E-state index in [4.69, 9.17) is 26.3 Å². The van der Waals surface area contributed by atoms with Gasteiger partial charge in [0.1, 0.15) is 11.8 Å². The predicted molar refractivity (Wildman–Crippen MR) is 67.5 cm³/mol. The third-order valence-corrected chi connectivity index (χ3v) is 2.51. The van der Waals surface area contributed by atoms with Crippen LogP contribution in [0, 0.1) is 11.3 Å². The summed E-state index contributed by atoms with van der Waals surface area (Å²) < 4.78 is 10.1. The minimum Gasteiger partial charge on any atom is -0.482 e. The lowest BCUT2D eigenvalue weighted by atomic mass is 10.2. The Morgan fingerprint density at radius 2 is 2.28 bits per heavy atom. The van der Waals surface area contributed by atoms with E-state index in [1.165, 1.54) is 6.07 Å². The van der Waals surface area contributed by atoms with Gasteiger partial charge in [0.05, 0.1) is 17.2 Å². The molecule has 0 heterocycles. The number of hydrogen-bond acceptors (Lipinski definition) is 4. The average molecular weight is 268 g/mol. The maximum Gasteiger partial charge on any atom is 0.344 e. The zero-order valence-corrected chi connectivity index (χ0v) is 10.9. The van der Waals surface area contributed by atoms with Crippen molar-refractivity contribution in [2.75, 3.05) is 13.2 Å². The highest BCUT2D eigenvalue weighted by Crippen LogP contribution is 2.21. The molecular weight excluding hydrogens is 254 g/mol. The fourth-order valence-corrected chi connectivity index (χ4v) is 1.35. The van der Waals surface area contributed by atoms with Crippen LogP contribution in [-0.2, 0) is 9.53 Å². The van der Waals surface area contributed by atoms with E-state index in [1.807, 2.05) is 13.0 Å². The summed E-state index contributed by atoms with van der Waals surface area (Å²) in [5, 5.41) is 9.14. The normalized spacial score (nSPS) is 9.61. The molecule has 96 valence electrons.